The largest absolute Gasteiger partial charge is 0.466 e. The van der Waals surface area contributed by atoms with Crippen LogP contribution in [0.3, 0.4) is 0 Å². The fourth-order valence-corrected chi connectivity index (χ4v) is 2.51. The Labute approximate surface area is 151 Å². The van der Waals surface area contributed by atoms with Gasteiger partial charge in [0.2, 0.25) is 0 Å². The molecule has 0 amide bonds. The van der Waals surface area contributed by atoms with E-state index in [1.807, 2.05) is 18.2 Å². The summed E-state index contributed by atoms with van der Waals surface area (Å²) >= 11 is 0. The van der Waals surface area contributed by atoms with Crippen molar-refractivity contribution in [2.75, 3.05) is 6.61 Å². The molecule has 0 aliphatic heterocycles. The smallest absolute Gasteiger partial charge is 0.311 e. The van der Waals surface area contributed by atoms with E-state index >= 15 is 0 Å². The van der Waals surface area contributed by atoms with Gasteiger partial charge in [0.05, 0.1) is 6.61 Å². The molecule has 0 radical (unpaired) electrons. The molecule has 1 aromatic rings. The first-order valence-corrected chi connectivity index (χ1v) is 9.61. The van der Waals surface area contributed by atoms with Gasteiger partial charge in [-0.1, -0.05) is 51.7 Å². The van der Waals surface area contributed by atoms with Crippen LogP contribution in [-0.4, -0.2) is 18.5 Å². The molecule has 4 heteroatoms. The number of esters is 2. The van der Waals surface area contributed by atoms with Crippen LogP contribution in [0.25, 0.3) is 0 Å². The molecule has 0 spiro atoms. The van der Waals surface area contributed by atoms with Gasteiger partial charge in [-0.2, -0.15) is 0 Å². The van der Waals surface area contributed by atoms with E-state index < -0.39 is 0 Å². The Hall–Kier alpha value is -1.84. The van der Waals surface area contributed by atoms with E-state index in [1.165, 1.54) is 19.3 Å². The molecular formula is C21H32O4. The SMILES string of the molecule is CCCCCCCOC(=O)CCCCC(=O)Oc1cccc(CC)c1. The van der Waals surface area contributed by atoms with Crippen molar-refractivity contribution >= 4 is 11.9 Å². The highest BCUT2D eigenvalue weighted by Gasteiger charge is 2.07. The maximum atomic E-state index is 11.8. The molecule has 4 nitrogen and oxygen atoms in total. The Kier molecular flexibility index (Phi) is 11.4. The van der Waals surface area contributed by atoms with Gasteiger partial charge in [0.15, 0.2) is 0 Å². The Balaban J connectivity index is 2.06. The van der Waals surface area contributed by atoms with Crippen LogP contribution < -0.4 is 4.74 Å². The minimum Gasteiger partial charge on any atom is -0.466 e. The predicted molar refractivity (Wildman–Crippen MR) is 99.6 cm³/mol. The predicted octanol–water partition coefficient (Wildman–Crippen LogP) is 5.23. The summed E-state index contributed by atoms with van der Waals surface area (Å²) in [5.74, 6) is 0.170. The van der Waals surface area contributed by atoms with Crippen LogP contribution in [0.15, 0.2) is 24.3 Å². The Morgan fingerprint density at radius 1 is 0.880 bits per heavy atom. The molecule has 0 atom stereocenters. The van der Waals surface area contributed by atoms with Crippen LogP contribution in [0.5, 0.6) is 5.75 Å². The van der Waals surface area contributed by atoms with E-state index in [0.29, 0.717) is 38.0 Å². The van der Waals surface area contributed by atoms with Crippen molar-refractivity contribution < 1.29 is 19.1 Å². The number of carbonyl (C=O) groups excluding carboxylic acids is 2. The zero-order valence-electron chi connectivity index (χ0n) is 15.7. The van der Waals surface area contributed by atoms with Crippen LogP contribution >= 0.6 is 0 Å². The normalized spacial score (nSPS) is 10.5. The first kappa shape index (κ1) is 21.2. The lowest BCUT2D eigenvalue weighted by Crippen LogP contribution is -2.09. The molecule has 140 valence electrons. The molecule has 0 fully saturated rings. The molecule has 0 aliphatic carbocycles. The second kappa shape index (κ2) is 13.5. The lowest BCUT2D eigenvalue weighted by Gasteiger charge is -2.06. The van der Waals surface area contributed by atoms with Crippen LogP contribution in [0.4, 0.5) is 0 Å². The van der Waals surface area contributed by atoms with E-state index in [0.717, 1.165) is 24.8 Å². The molecule has 1 rings (SSSR count). The Bertz CT molecular complexity index is 510. The second-order valence-electron chi connectivity index (χ2n) is 6.32. The third-order valence-electron chi connectivity index (χ3n) is 4.06. The Morgan fingerprint density at radius 2 is 1.60 bits per heavy atom. The van der Waals surface area contributed by atoms with Gasteiger partial charge in [-0.15, -0.1) is 0 Å². The van der Waals surface area contributed by atoms with E-state index in [-0.39, 0.29) is 11.9 Å². The molecule has 0 saturated heterocycles. The lowest BCUT2D eigenvalue weighted by atomic mass is 10.1. The number of hydrogen-bond acceptors (Lipinski definition) is 4. The third-order valence-corrected chi connectivity index (χ3v) is 4.06. The van der Waals surface area contributed by atoms with Gasteiger partial charge in [0.25, 0.3) is 0 Å². The van der Waals surface area contributed by atoms with Crippen molar-refractivity contribution in [3.8, 4) is 5.75 Å². The summed E-state index contributed by atoms with van der Waals surface area (Å²) in [6.45, 7) is 4.75. The molecule has 0 bridgehead atoms. The summed E-state index contributed by atoms with van der Waals surface area (Å²) in [5, 5.41) is 0. The lowest BCUT2D eigenvalue weighted by molar-refractivity contribution is -0.144. The molecule has 0 aliphatic rings. The third kappa shape index (κ3) is 10.6. The highest BCUT2D eigenvalue weighted by atomic mass is 16.5. The molecule has 0 aromatic heterocycles. The fraction of sp³-hybridized carbons (Fsp3) is 0.619. The molecule has 0 N–H and O–H groups in total. The van der Waals surface area contributed by atoms with E-state index in [2.05, 4.69) is 13.8 Å². The van der Waals surface area contributed by atoms with Crippen molar-refractivity contribution in [2.24, 2.45) is 0 Å². The number of aryl methyl sites for hydroxylation is 1. The summed E-state index contributed by atoms with van der Waals surface area (Å²) in [4.78, 5) is 23.4. The first-order valence-electron chi connectivity index (χ1n) is 9.61. The van der Waals surface area contributed by atoms with Gasteiger partial charge in [0.1, 0.15) is 5.75 Å². The summed E-state index contributed by atoms with van der Waals surface area (Å²) in [5.41, 5.74) is 1.14. The maximum Gasteiger partial charge on any atom is 0.311 e. The number of rotatable bonds is 13. The summed E-state index contributed by atoms with van der Waals surface area (Å²) in [6.07, 6.45) is 8.61. The highest BCUT2D eigenvalue weighted by molar-refractivity contribution is 5.72. The summed E-state index contributed by atoms with van der Waals surface area (Å²) in [6, 6.07) is 7.57. The first-order chi connectivity index (χ1) is 12.2. The number of ether oxygens (including phenoxy) is 2. The molecule has 1 aromatic carbocycles. The number of carbonyl (C=O) groups is 2. The Morgan fingerprint density at radius 3 is 2.32 bits per heavy atom. The van der Waals surface area contributed by atoms with Crippen molar-refractivity contribution in [3.63, 3.8) is 0 Å². The van der Waals surface area contributed by atoms with Crippen LogP contribution in [-0.2, 0) is 20.7 Å². The van der Waals surface area contributed by atoms with Crippen LogP contribution in [0, 0.1) is 0 Å². The number of benzene rings is 1. The summed E-state index contributed by atoms with van der Waals surface area (Å²) in [7, 11) is 0. The molecule has 0 saturated carbocycles. The van der Waals surface area contributed by atoms with Gasteiger partial charge < -0.3 is 9.47 Å². The van der Waals surface area contributed by atoms with Gasteiger partial charge in [0, 0.05) is 12.8 Å². The minimum atomic E-state index is -0.252. The van der Waals surface area contributed by atoms with Gasteiger partial charge in [-0.3, -0.25) is 9.59 Å². The van der Waals surface area contributed by atoms with Crippen molar-refractivity contribution in [1.29, 1.82) is 0 Å². The molecule has 25 heavy (non-hydrogen) atoms. The van der Waals surface area contributed by atoms with Crippen molar-refractivity contribution in [1.82, 2.24) is 0 Å². The zero-order valence-corrected chi connectivity index (χ0v) is 15.7. The average Bonchev–Trinajstić information content (AvgIpc) is 2.62. The monoisotopic (exact) mass is 348 g/mol. The molecule has 0 heterocycles. The summed E-state index contributed by atoms with van der Waals surface area (Å²) < 4.78 is 10.5. The topological polar surface area (TPSA) is 52.6 Å². The fourth-order valence-electron chi connectivity index (χ4n) is 2.51. The number of hydrogen-bond donors (Lipinski definition) is 0. The number of unbranched alkanes of at least 4 members (excludes halogenated alkanes) is 5. The van der Waals surface area contributed by atoms with Crippen molar-refractivity contribution in [3.05, 3.63) is 29.8 Å². The van der Waals surface area contributed by atoms with Gasteiger partial charge in [-0.25, -0.2) is 0 Å². The van der Waals surface area contributed by atoms with Crippen LogP contribution in [0.2, 0.25) is 0 Å². The quantitative estimate of drug-likeness (QED) is 0.278. The van der Waals surface area contributed by atoms with Gasteiger partial charge in [-0.05, 0) is 43.4 Å². The van der Waals surface area contributed by atoms with E-state index in [4.69, 9.17) is 9.47 Å². The highest BCUT2D eigenvalue weighted by Crippen LogP contribution is 2.15. The second-order valence-corrected chi connectivity index (χ2v) is 6.32. The molecule has 0 unspecified atom stereocenters. The van der Waals surface area contributed by atoms with Crippen LogP contribution in [0.1, 0.15) is 77.2 Å². The maximum absolute atomic E-state index is 11.8. The van der Waals surface area contributed by atoms with E-state index in [1.54, 1.807) is 6.07 Å². The van der Waals surface area contributed by atoms with Gasteiger partial charge >= 0.3 is 11.9 Å². The average molecular weight is 348 g/mol. The molecular weight excluding hydrogens is 316 g/mol. The standard InChI is InChI=1S/C21H32O4/c1-3-5-6-7-10-16-24-20(22)14-8-9-15-21(23)25-19-13-11-12-18(4-2)17-19/h11-13,17H,3-10,14-16H2,1-2H3. The van der Waals surface area contributed by atoms with Crippen molar-refractivity contribution in [2.45, 2.75) is 78.1 Å². The van der Waals surface area contributed by atoms with E-state index in [9.17, 15) is 9.59 Å². The zero-order chi connectivity index (χ0) is 18.3. The minimum absolute atomic E-state index is 0.167.